The molecule has 150 valence electrons. The van der Waals surface area contributed by atoms with E-state index in [1.54, 1.807) is 0 Å². The van der Waals surface area contributed by atoms with E-state index in [0.717, 1.165) is 24.8 Å². The largest absolute Gasteiger partial charge is 0.394 e. The van der Waals surface area contributed by atoms with Crippen molar-refractivity contribution in [2.45, 2.75) is 63.1 Å². The molecular weight excluding hydrogens is 348 g/mol. The summed E-state index contributed by atoms with van der Waals surface area (Å²) in [7, 11) is 0. The van der Waals surface area contributed by atoms with E-state index in [2.05, 4.69) is 22.8 Å². The molecule has 1 aliphatic rings. The van der Waals surface area contributed by atoms with Crippen LogP contribution >= 0.6 is 0 Å². The Kier molecular flexibility index (Phi) is 7.63. The Morgan fingerprint density at radius 1 is 0.929 bits per heavy atom. The monoisotopic (exact) mass is 380 g/mol. The van der Waals surface area contributed by atoms with Crippen LogP contribution in [-0.2, 0) is 17.8 Å². The Balaban J connectivity index is 1.72. The average Bonchev–Trinajstić information content (AvgIpc) is 2.76. The number of hydrogen-bond donors (Lipinski definition) is 3. The van der Waals surface area contributed by atoms with Crippen molar-refractivity contribution in [2.24, 2.45) is 0 Å². The molecule has 2 aromatic carbocycles. The SMILES string of the molecule is O=C(NC1CCCCC1)C(CO)(CCc1ccccc1)NCc1ccccc1. The van der Waals surface area contributed by atoms with Gasteiger partial charge in [-0.1, -0.05) is 79.9 Å². The third-order valence-corrected chi connectivity index (χ3v) is 5.80. The van der Waals surface area contributed by atoms with Crippen molar-refractivity contribution in [2.75, 3.05) is 6.61 Å². The van der Waals surface area contributed by atoms with Gasteiger partial charge in [0.15, 0.2) is 0 Å². The molecule has 0 heterocycles. The minimum absolute atomic E-state index is 0.0752. The number of aliphatic hydroxyl groups excluding tert-OH is 1. The molecule has 0 spiro atoms. The maximum absolute atomic E-state index is 13.3. The van der Waals surface area contributed by atoms with E-state index in [-0.39, 0.29) is 18.6 Å². The highest BCUT2D eigenvalue weighted by Crippen LogP contribution is 2.21. The zero-order chi connectivity index (χ0) is 19.7. The first-order valence-corrected chi connectivity index (χ1v) is 10.5. The van der Waals surface area contributed by atoms with E-state index < -0.39 is 5.54 Å². The molecule has 1 fully saturated rings. The normalized spacial score (nSPS) is 17.0. The number of rotatable bonds is 9. The molecule has 3 N–H and O–H groups in total. The minimum Gasteiger partial charge on any atom is -0.394 e. The summed E-state index contributed by atoms with van der Waals surface area (Å²) < 4.78 is 0. The van der Waals surface area contributed by atoms with Crippen LogP contribution in [0.2, 0.25) is 0 Å². The average molecular weight is 381 g/mol. The summed E-state index contributed by atoms with van der Waals surface area (Å²) in [6.45, 7) is 0.333. The first-order valence-electron chi connectivity index (χ1n) is 10.5. The molecule has 3 rings (SSSR count). The lowest BCUT2D eigenvalue weighted by Gasteiger charge is -2.35. The summed E-state index contributed by atoms with van der Waals surface area (Å²) in [6.07, 6.45) is 6.93. The van der Waals surface area contributed by atoms with E-state index in [0.29, 0.717) is 13.0 Å². The Morgan fingerprint density at radius 3 is 2.14 bits per heavy atom. The molecule has 4 heteroatoms. The fraction of sp³-hybridized carbons (Fsp3) is 0.458. The molecule has 0 bridgehead atoms. The van der Waals surface area contributed by atoms with E-state index in [1.165, 1.54) is 24.8 Å². The van der Waals surface area contributed by atoms with Gasteiger partial charge < -0.3 is 10.4 Å². The predicted molar refractivity (Wildman–Crippen MR) is 113 cm³/mol. The van der Waals surface area contributed by atoms with E-state index in [9.17, 15) is 9.90 Å². The summed E-state index contributed by atoms with van der Waals surface area (Å²) in [4.78, 5) is 13.3. The highest BCUT2D eigenvalue weighted by atomic mass is 16.3. The molecule has 1 aliphatic carbocycles. The van der Waals surface area contributed by atoms with E-state index in [1.807, 2.05) is 48.5 Å². The van der Waals surface area contributed by atoms with Crippen molar-refractivity contribution in [3.63, 3.8) is 0 Å². The molecule has 0 saturated heterocycles. The number of hydrogen-bond acceptors (Lipinski definition) is 3. The maximum Gasteiger partial charge on any atom is 0.242 e. The molecule has 4 nitrogen and oxygen atoms in total. The third-order valence-electron chi connectivity index (χ3n) is 5.80. The number of carbonyl (C=O) groups excluding carboxylic acids is 1. The van der Waals surface area contributed by atoms with Crippen molar-refractivity contribution in [3.8, 4) is 0 Å². The third kappa shape index (κ3) is 5.66. The minimum atomic E-state index is -0.983. The number of aryl methyl sites for hydroxylation is 1. The van der Waals surface area contributed by atoms with Crippen LogP contribution in [0.1, 0.15) is 49.7 Å². The lowest BCUT2D eigenvalue weighted by molar-refractivity contribution is -0.130. The number of carbonyl (C=O) groups is 1. The zero-order valence-corrected chi connectivity index (χ0v) is 16.6. The van der Waals surface area contributed by atoms with Crippen LogP contribution in [0, 0.1) is 0 Å². The van der Waals surface area contributed by atoms with Gasteiger partial charge in [0.1, 0.15) is 5.54 Å². The topological polar surface area (TPSA) is 61.4 Å². The second-order valence-corrected chi connectivity index (χ2v) is 7.87. The van der Waals surface area contributed by atoms with Crippen LogP contribution in [0.5, 0.6) is 0 Å². The lowest BCUT2D eigenvalue weighted by atomic mass is 9.88. The molecule has 28 heavy (non-hydrogen) atoms. The molecular formula is C24H32N2O2. The van der Waals surface area contributed by atoms with Crippen LogP contribution in [-0.4, -0.2) is 29.2 Å². The number of nitrogens with one attached hydrogen (secondary N) is 2. The molecule has 1 atom stereocenters. The van der Waals surface area contributed by atoms with E-state index in [4.69, 9.17) is 0 Å². The molecule has 0 aliphatic heterocycles. The van der Waals surface area contributed by atoms with Gasteiger partial charge in [0.05, 0.1) is 6.61 Å². The zero-order valence-electron chi connectivity index (χ0n) is 16.6. The van der Waals surface area contributed by atoms with Crippen LogP contribution in [0.4, 0.5) is 0 Å². The summed E-state index contributed by atoms with van der Waals surface area (Å²) in [5.74, 6) is -0.0752. The lowest BCUT2D eigenvalue weighted by Crippen LogP contribution is -2.61. The van der Waals surface area contributed by atoms with Crippen molar-refractivity contribution in [1.29, 1.82) is 0 Å². The van der Waals surface area contributed by atoms with E-state index >= 15 is 0 Å². The Hall–Kier alpha value is -2.17. The summed E-state index contributed by atoms with van der Waals surface area (Å²) in [5.41, 5.74) is 1.29. The van der Waals surface area contributed by atoms with Gasteiger partial charge in [0, 0.05) is 12.6 Å². The number of aliphatic hydroxyl groups is 1. The maximum atomic E-state index is 13.3. The van der Waals surface area contributed by atoms with Gasteiger partial charge in [0.2, 0.25) is 5.91 Å². The van der Waals surface area contributed by atoms with Crippen molar-refractivity contribution in [1.82, 2.24) is 10.6 Å². The molecule has 1 saturated carbocycles. The second-order valence-electron chi connectivity index (χ2n) is 7.87. The molecule has 0 radical (unpaired) electrons. The van der Waals surface area contributed by atoms with Crippen LogP contribution in [0.25, 0.3) is 0 Å². The highest BCUT2D eigenvalue weighted by molar-refractivity contribution is 5.86. The van der Waals surface area contributed by atoms with Crippen LogP contribution < -0.4 is 10.6 Å². The van der Waals surface area contributed by atoms with Crippen LogP contribution in [0.15, 0.2) is 60.7 Å². The van der Waals surface area contributed by atoms with Crippen molar-refractivity contribution < 1.29 is 9.90 Å². The standard InChI is InChI=1S/C24H32N2O2/c27-19-24(17-16-20-10-4-1-5-11-20,25-18-21-12-6-2-7-13-21)23(28)26-22-14-8-3-9-15-22/h1-2,4-7,10-13,22,25,27H,3,8-9,14-19H2,(H,26,28). The van der Waals surface area contributed by atoms with Gasteiger partial charge >= 0.3 is 0 Å². The van der Waals surface area contributed by atoms with Gasteiger partial charge in [-0.15, -0.1) is 0 Å². The molecule has 0 aromatic heterocycles. The van der Waals surface area contributed by atoms with Gasteiger partial charge in [-0.05, 0) is 36.8 Å². The van der Waals surface area contributed by atoms with Crippen molar-refractivity contribution >= 4 is 5.91 Å². The van der Waals surface area contributed by atoms with Gasteiger partial charge in [-0.2, -0.15) is 0 Å². The van der Waals surface area contributed by atoms with Gasteiger partial charge in [-0.3, -0.25) is 10.1 Å². The number of benzene rings is 2. The Labute approximate surface area is 168 Å². The molecule has 1 unspecified atom stereocenters. The summed E-state index contributed by atoms with van der Waals surface area (Å²) in [6, 6.07) is 20.4. The summed E-state index contributed by atoms with van der Waals surface area (Å²) in [5, 5.41) is 16.9. The molecule has 2 aromatic rings. The smallest absolute Gasteiger partial charge is 0.242 e. The Morgan fingerprint density at radius 2 is 1.54 bits per heavy atom. The fourth-order valence-electron chi connectivity index (χ4n) is 3.93. The fourth-order valence-corrected chi connectivity index (χ4v) is 3.93. The van der Waals surface area contributed by atoms with Gasteiger partial charge in [0.25, 0.3) is 0 Å². The second kappa shape index (κ2) is 10.4. The Bertz CT molecular complexity index is 668. The summed E-state index contributed by atoms with van der Waals surface area (Å²) >= 11 is 0. The predicted octanol–water partition coefficient (Wildman–Crippen LogP) is 3.59. The first-order chi connectivity index (χ1) is 13.7. The number of amides is 1. The van der Waals surface area contributed by atoms with Gasteiger partial charge in [-0.25, -0.2) is 0 Å². The highest BCUT2D eigenvalue weighted by Gasteiger charge is 2.38. The molecule has 1 amide bonds. The quantitative estimate of drug-likeness (QED) is 0.623. The van der Waals surface area contributed by atoms with Crippen molar-refractivity contribution in [3.05, 3.63) is 71.8 Å². The van der Waals surface area contributed by atoms with Crippen LogP contribution in [0.3, 0.4) is 0 Å². The first kappa shape index (κ1) is 20.6.